The van der Waals surface area contributed by atoms with E-state index in [1.807, 2.05) is 6.92 Å². The third kappa shape index (κ3) is 95.3. The Kier molecular flexibility index (Phi) is 190. The van der Waals surface area contributed by atoms with E-state index >= 15 is 0 Å². The van der Waals surface area contributed by atoms with Crippen LogP contribution in [-0.4, -0.2) is 72.9 Å². The van der Waals surface area contributed by atoms with Gasteiger partial charge in [0, 0.05) is 26.4 Å². The Morgan fingerprint density at radius 1 is 0.294 bits per heavy atom. The second kappa shape index (κ2) is 84.6. The van der Waals surface area contributed by atoms with E-state index in [1.54, 1.807) is 0 Å². The lowest BCUT2D eigenvalue weighted by atomic mass is 10.5. The number of hydrogen-bond donors (Lipinski definition) is 0. The smallest absolute Gasteiger partial charge is 0.146 e. The molecule has 0 aromatic heterocycles. The predicted octanol–water partition coefficient (Wildman–Crippen LogP) is 9.64. The summed E-state index contributed by atoms with van der Waals surface area (Å²) in [6, 6.07) is 0. The molecule has 0 aromatic rings. The van der Waals surface area contributed by atoms with Gasteiger partial charge in [0.25, 0.3) is 0 Å². The van der Waals surface area contributed by atoms with Crippen molar-refractivity contribution in [1.29, 1.82) is 0 Å². The van der Waals surface area contributed by atoms with Crippen molar-refractivity contribution in [2.45, 2.75) is 121 Å². The van der Waals surface area contributed by atoms with E-state index in [0.29, 0.717) is 46.4 Å². The highest BCUT2D eigenvalue weighted by molar-refractivity contribution is 4.33. The van der Waals surface area contributed by atoms with Crippen LogP contribution in [0.4, 0.5) is 0 Å². The quantitative estimate of drug-likeness (QED) is 0.134. The van der Waals surface area contributed by atoms with Crippen molar-refractivity contribution in [2.75, 3.05) is 72.9 Å². The fourth-order valence-corrected chi connectivity index (χ4v) is 1.41. The van der Waals surface area contributed by atoms with Crippen LogP contribution in [0.15, 0.2) is 0 Å². The van der Waals surface area contributed by atoms with Crippen LogP contribution >= 0.6 is 0 Å². The zero-order chi connectivity index (χ0) is 18.1. The molecule has 6 heteroatoms. The molecule has 0 unspecified atom stereocenters. The summed E-state index contributed by atoms with van der Waals surface area (Å²) in [5, 5.41) is 0. The average molecular weight is 513 g/mol. The number of ether oxygens (including phenoxy) is 6. The summed E-state index contributed by atoms with van der Waals surface area (Å²) in [6.45, 7) is 15.8. The van der Waals surface area contributed by atoms with Gasteiger partial charge < -0.3 is 28.4 Å². The Morgan fingerprint density at radius 2 is 0.529 bits per heavy atom. The van der Waals surface area contributed by atoms with Crippen molar-refractivity contribution >= 4 is 0 Å². The molecule has 0 aromatic carbocycles. The van der Waals surface area contributed by atoms with Crippen LogP contribution in [0, 0.1) is 0 Å². The first-order valence-corrected chi connectivity index (χ1v) is 9.29. The van der Waals surface area contributed by atoms with E-state index < -0.39 is 0 Å². The van der Waals surface area contributed by atoms with Crippen LogP contribution in [-0.2, 0) is 28.4 Å². The molecular formula is C28H80O6. The van der Waals surface area contributed by atoms with Crippen molar-refractivity contribution in [1.82, 2.24) is 0 Å². The molecule has 0 amide bonds. The van der Waals surface area contributed by atoms with Gasteiger partial charge in [0.1, 0.15) is 6.79 Å². The monoisotopic (exact) mass is 513 g/mol. The molecule has 0 aliphatic rings. The zero-order valence-electron chi connectivity index (χ0n) is 16.3. The average Bonchev–Trinajstić information content (AvgIpc) is 2.60. The van der Waals surface area contributed by atoms with Crippen molar-refractivity contribution in [3.63, 3.8) is 0 Å². The van der Waals surface area contributed by atoms with E-state index in [0.717, 1.165) is 45.7 Å². The highest BCUT2D eigenvalue weighted by Gasteiger charge is 1.89. The molecule has 0 heterocycles. The van der Waals surface area contributed by atoms with Gasteiger partial charge in [0.05, 0.1) is 39.6 Å². The maximum absolute atomic E-state index is 5.28. The molecule has 0 saturated carbocycles. The summed E-state index contributed by atoms with van der Waals surface area (Å²) < 4.78 is 31.0. The molecule has 228 valence electrons. The molecule has 0 aliphatic carbocycles. The molecule has 34 heavy (non-hydrogen) atoms. The van der Waals surface area contributed by atoms with Crippen molar-refractivity contribution in [3.05, 3.63) is 0 Å². The molecule has 0 bridgehead atoms. The normalized spacial score (nSPS) is 7.41. The largest absolute Gasteiger partial charge is 0.379 e. The van der Waals surface area contributed by atoms with Gasteiger partial charge >= 0.3 is 0 Å². The van der Waals surface area contributed by atoms with E-state index in [4.69, 9.17) is 28.4 Å². The molecule has 0 saturated heterocycles. The lowest BCUT2D eigenvalue weighted by molar-refractivity contribution is -0.0682. The van der Waals surface area contributed by atoms with Gasteiger partial charge in [-0.25, -0.2) is 0 Å². The van der Waals surface area contributed by atoms with Crippen LogP contribution < -0.4 is 0 Å². The van der Waals surface area contributed by atoms with Crippen molar-refractivity contribution < 1.29 is 28.4 Å². The van der Waals surface area contributed by atoms with Crippen LogP contribution in [0.1, 0.15) is 121 Å². The Balaban J connectivity index is -0.0000000221. The number of hydrogen-bond acceptors (Lipinski definition) is 6. The lowest BCUT2D eigenvalue weighted by Gasteiger charge is -2.05. The minimum Gasteiger partial charge on any atom is -0.379 e. The fraction of sp³-hybridized carbons (Fsp3) is 1.00. The molecule has 0 atom stereocenters. The van der Waals surface area contributed by atoms with E-state index in [2.05, 4.69) is 20.8 Å². The molecule has 0 spiro atoms. The summed E-state index contributed by atoms with van der Waals surface area (Å²) in [5.41, 5.74) is 0. The molecule has 0 N–H and O–H groups in total. The van der Waals surface area contributed by atoms with Gasteiger partial charge in [-0.2, -0.15) is 0 Å². The summed E-state index contributed by atoms with van der Waals surface area (Å²) in [7, 11) is 0. The van der Waals surface area contributed by atoms with Crippen LogP contribution in [0.2, 0.25) is 0 Å². The second-order valence-corrected chi connectivity index (χ2v) is 4.97. The molecule has 0 aliphatic heterocycles. The maximum atomic E-state index is 5.28. The highest BCUT2D eigenvalue weighted by atomic mass is 16.7. The van der Waals surface area contributed by atoms with Crippen LogP contribution in [0.5, 0.6) is 0 Å². The predicted molar refractivity (Wildman–Crippen MR) is 164 cm³/mol. The Labute approximate surface area is 222 Å². The summed E-state index contributed by atoms with van der Waals surface area (Å²) in [6.07, 6.45) is 3.17. The Hall–Kier alpha value is -0.240. The fourth-order valence-electron chi connectivity index (χ4n) is 1.41. The maximum Gasteiger partial charge on any atom is 0.146 e. The molecule has 0 radical (unpaired) electrons. The van der Waals surface area contributed by atoms with Crippen molar-refractivity contribution in [2.24, 2.45) is 0 Å². The first kappa shape index (κ1) is 76.5. The van der Waals surface area contributed by atoms with Gasteiger partial charge in [-0.1, -0.05) is 95.0 Å². The standard InChI is InChI=1S/C10H22O3.C8H18O3.10CH4/c1-3-5-11-7-9-13-10-8-12-6-4-2;1-3-5-10-8-11-7-6-9-4-2;;;;;;;;;;/h3-10H2,1-2H3;3-8H2,1-2H3;10*1H4. The molecular weight excluding hydrogens is 432 g/mol. The Morgan fingerprint density at radius 3 is 0.853 bits per heavy atom. The van der Waals surface area contributed by atoms with Crippen LogP contribution in [0.3, 0.4) is 0 Å². The molecule has 6 nitrogen and oxygen atoms in total. The van der Waals surface area contributed by atoms with E-state index in [1.165, 1.54) is 0 Å². The zero-order valence-corrected chi connectivity index (χ0v) is 16.3. The minimum absolute atomic E-state index is 0. The summed E-state index contributed by atoms with van der Waals surface area (Å²) >= 11 is 0. The lowest BCUT2D eigenvalue weighted by Crippen LogP contribution is -2.09. The molecule has 0 rings (SSSR count). The third-order valence-electron chi connectivity index (χ3n) is 2.53. The van der Waals surface area contributed by atoms with Gasteiger partial charge in [0.2, 0.25) is 0 Å². The van der Waals surface area contributed by atoms with Gasteiger partial charge in [-0.3, -0.25) is 0 Å². The van der Waals surface area contributed by atoms with E-state index in [-0.39, 0.29) is 74.3 Å². The summed E-state index contributed by atoms with van der Waals surface area (Å²) in [5.74, 6) is 0. The van der Waals surface area contributed by atoms with Crippen LogP contribution in [0.25, 0.3) is 0 Å². The second-order valence-electron chi connectivity index (χ2n) is 4.97. The minimum atomic E-state index is 0. The first-order chi connectivity index (χ1) is 11.8. The van der Waals surface area contributed by atoms with Gasteiger partial charge in [-0.15, -0.1) is 0 Å². The first-order valence-electron chi connectivity index (χ1n) is 9.29. The van der Waals surface area contributed by atoms with Gasteiger partial charge in [0.15, 0.2) is 0 Å². The molecule has 0 fully saturated rings. The van der Waals surface area contributed by atoms with E-state index in [9.17, 15) is 0 Å². The van der Waals surface area contributed by atoms with Gasteiger partial charge in [-0.05, 0) is 26.2 Å². The Bertz CT molecular complexity index is 178. The SMILES string of the molecule is C.C.C.C.C.C.C.C.C.C.CCCOCCOCCOCCC.CCCOCOCCOCC. The topological polar surface area (TPSA) is 55.4 Å². The third-order valence-corrected chi connectivity index (χ3v) is 2.53. The van der Waals surface area contributed by atoms with Crippen molar-refractivity contribution in [3.8, 4) is 0 Å². The highest BCUT2D eigenvalue weighted by Crippen LogP contribution is 1.84. The summed E-state index contributed by atoms with van der Waals surface area (Å²) in [4.78, 5) is 0. The number of rotatable bonds is 18.